The molecule has 0 aliphatic heterocycles. The van der Waals surface area contributed by atoms with Crippen LogP contribution in [0.2, 0.25) is 0 Å². The molecule has 0 amide bonds. The summed E-state index contributed by atoms with van der Waals surface area (Å²) in [6.07, 6.45) is 12.6. The number of hydrogen-bond donors (Lipinski definition) is 0. The second-order valence-corrected chi connectivity index (χ2v) is 4.90. The zero-order chi connectivity index (χ0) is 15.6. The summed E-state index contributed by atoms with van der Waals surface area (Å²) in [5.41, 5.74) is 0. The second kappa shape index (κ2) is 19.7. The Morgan fingerprint density at radius 3 is 1.74 bits per heavy atom. The van der Waals surface area contributed by atoms with Gasteiger partial charge in [-0.05, 0) is 0 Å². The molecule has 3 aromatic carbocycles. The second-order valence-electron chi connectivity index (χ2n) is 4.90. The van der Waals surface area contributed by atoms with Gasteiger partial charge in [0.15, 0.2) is 0 Å². The Labute approximate surface area is 197 Å². The maximum Gasteiger partial charge on any atom is 2.00 e. The fourth-order valence-electron chi connectivity index (χ4n) is 2.24. The predicted octanol–water partition coefficient (Wildman–Crippen LogP) is 1.51. The minimum atomic E-state index is 0. The summed E-state index contributed by atoms with van der Waals surface area (Å²) in [6.45, 7) is 6.90. The van der Waals surface area contributed by atoms with Crippen molar-refractivity contribution in [2.24, 2.45) is 0 Å². The molecule has 0 nitrogen and oxygen atoms in total. The van der Waals surface area contributed by atoms with Gasteiger partial charge in [0, 0.05) is 0 Å². The van der Waals surface area contributed by atoms with E-state index < -0.39 is 0 Å². The Bertz CT molecular complexity index is 725. The molecular formula is C24H28Cl2Zr-4. The first-order valence-corrected chi connectivity index (χ1v) is 7.52. The van der Waals surface area contributed by atoms with Crippen molar-refractivity contribution in [2.45, 2.75) is 20.3 Å². The van der Waals surface area contributed by atoms with E-state index in [0.717, 1.165) is 12.8 Å². The van der Waals surface area contributed by atoms with E-state index in [9.17, 15) is 0 Å². The van der Waals surface area contributed by atoms with Crippen LogP contribution in [0.5, 0.6) is 0 Å². The van der Waals surface area contributed by atoms with E-state index in [1.165, 1.54) is 21.5 Å². The molecule has 0 fully saturated rings. The van der Waals surface area contributed by atoms with Gasteiger partial charge in [0.2, 0.25) is 0 Å². The third kappa shape index (κ3) is 10.8. The van der Waals surface area contributed by atoms with Gasteiger partial charge in [-0.1, -0.05) is 43.8 Å². The van der Waals surface area contributed by atoms with Crippen molar-refractivity contribution in [3.05, 3.63) is 106 Å². The molecule has 4 rings (SSSR count). The van der Waals surface area contributed by atoms with Crippen molar-refractivity contribution < 1.29 is 51.0 Å². The molecule has 0 saturated heterocycles. The van der Waals surface area contributed by atoms with Crippen LogP contribution in [0, 0.1) is 20.4 Å². The van der Waals surface area contributed by atoms with Crippen LogP contribution >= 0.6 is 0 Å². The molecule has 0 bridgehead atoms. The summed E-state index contributed by atoms with van der Waals surface area (Å²) in [4.78, 5) is 0. The van der Waals surface area contributed by atoms with Crippen molar-refractivity contribution in [3.63, 3.8) is 0 Å². The van der Waals surface area contributed by atoms with Crippen LogP contribution in [0.3, 0.4) is 0 Å². The molecule has 0 radical (unpaired) electrons. The van der Waals surface area contributed by atoms with E-state index in [1.54, 1.807) is 6.08 Å². The maximum absolute atomic E-state index is 3.49. The Morgan fingerprint density at radius 2 is 1.44 bits per heavy atom. The molecular weight excluding hydrogens is 450 g/mol. The van der Waals surface area contributed by atoms with Crippen LogP contribution in [0.15, 0.2) is 85.5 Å². The zero-order valence-electron chi connectivity index (χ0n) is 15.1. The molecule has 3 heteroatoms. The summed E-state index contributed by atoms with van der Waals surface area (Å²) in [5, 5.41) is 5.39. The summed E-state index contributed by atoms with van der Waals surface area (Å²) in [7, 11) is 0. The number of allylic oxidation sites excluding steroid dienone is 5. The number of rotatable bonds is 1. The molecule has 0 N–H and O–H groups in total. The Kier molecular flexibility index (Phi) is 24.5. The Balaban J connectivity index is -0.000000164. The van der Waals surface area contributed by atoms with Gasteiger partial charge in [-0.3, -0.25) is 6.08 Å². The van der Waals surface area contributed by atoms with E-state index in [1.807, 2.05) is 12.2 Å². The standard InChI is InChI=1S/C13H9.C5H5.C4H7.CH4.CH3.2ClH.Zr/c1-3-7-12-10(5-1)9-11-6-2-4-8-13(11)12;1-2-4-5-3-1;1-3-4-2;;;;;/h1-9H;1-3H,4H2;3H,1-2,4H2;1H4;1H3;2*1H;/q3*-1;;-1;;;+2/p-2. The van der Waals surface area contributed by atoms with Crippen LogP contribution in [-0.2, 0) is 26.2 Å². The van der Waals surface area contributed by atoms with Crippen LogP contribution < -0.4 is 24.8 Å². The van der Waals surface area contributed by atoms with Crippen LogP contribution in [0.1, 0.15) is 20.3 Å². The molecule has 1 aliphatic carbocycles. The van der Waals surface area contributed by atoms with Gasteiger partial charge in [-0.2, -0.15) is 12.5 Å². The molecule has 27 heavy (non-hydrogen) atoms. The minimum absolute atomic E-state index is 0. The summed E-state index contributed by atoms with van der Waals surface area (Å²) in [6, 6.07) is 19.3. The van der Waals surface area contributed by atoms with Crippen LogP contribution in [0.25, 0.3) is 21.5 Å². The average Bonchev–Trinajstić information content (AvgIpc) is 3.26. The Morgan fingerprint density at radius 1 is 1.00 bits per heavy atom. The zero-order valence-corrected chi connectivity index (χ0v) is 19.1. The van der Waals surface area contributed by atoms with E-state index in [-0.39, 0.29) is 65.9 Å². The van der Waals surface area contributed by atoms with Gasteiger partial charge in [0.05, 0.1) is 0 Å². The SMILES string of the molecule is C.C=CC[CH2-].[C-]1=CC=CC1.[CH3-].[Cl-].[Cl-].[Zr+2].c1ccc2c(c1)[cH-]c1ccccc12. The van der Waals surface area contributed by atoms with E-state index >= 15 is 0 Å². The average molecular weight is 479 g/mol. The van der Waals surface area contributed by atoms with Crippen LogP contribution in [0.4, 0.5) is 0 Å². The van der Waals surface area contributed by atoms with Crippen LogP contribution in [-0.4, -0.2) is 0 Å². The predicted molar refractivity (Wildman–Crippen MR) is 112 cm³/mol. The number of hydrogen-bond acceptors (Lipinski definition) is 0. The summed E-state index contributed by atoms with van der Waals surface area (Å²) >= 11 is 0. The molecule has 0 spiro atoms. The largest absolute Gasteiger partial charge is 2.00 e. The molecule has 0 saturated carbocycles. The third-order valence-corrected chi connectivity index (χ3v) is 3.31. The van der Waals surface area contributed by atoms with Gasteiger partial charge in [0.1, 0.15) is 0 Å². The van der Waals surface area contributed by atoms with Gasteiger partial charge >= 0.3 is 26.2 Å². The van der Waals surface area contributed by atoms with E-state index in [0.29, 0.717) is 0 Å². The number of halogens is 2. The quantitative estimate of drug-likeness (QED) is 0.368. The normalized spacial score (nSPS) is 9.52. The van der Waals surface area contributed by atoms with Gasteiger partial charge < -0.3 is 39.2 Å². The van der Waals surface area contributed by atoms with E-state index in [2.05, 4.69) is 80.3 Å². The molecule has 0 aromatic heterocycles. The van der Waals surface area contributed by atoms with Crippen molar-refractivity contribution >= 4 is 21.5 Å². The molecule has 146 valence electrons. The van der Waals surface area contributed by atoms with Gasteiger partial charge in [-0.25, -0.2) is 12.2 Å². The summed E-state index contributed by atoms with van der Waals surface area (Å²) < 4.78 is 0. The topological polar surface area (TPSA) is 0 Å². The van der Waals surface area contributed by atoms with Crippen molar-refractivity contribution in [1.82, 2.24) is 0 Å². The monoisotopic (exact) mass is 476 g/mol. The van der Waals surface area contributed by atoms with Crippen molar-refractivity contribution in [3.8, 4) is 0 Å². The van der Waals surface area contributed by atoms with Crippen molar-refractivity contribution in [2.75, 3.05) is 0 Å². The van der Waals surface area contributed by atoms with E-state index in [4.69, 9.17) is 0 Å². The van der Waals surface area contributed by atoms with Gasteiger partial charge in [0.25, 0.3) is 0 Å². The third-order valence-electron chi connectivity index (χ3n) is 3.31. The molecule has 3 aromatic rings. The summed E-state index contributed by atoms with van der Waals surface area (Å²) in [5.74, 6) is 0. The first-order chi connectivity index (χ1) is 10.9. The first kappa shape index (κ1) is 33.6. The number of fused-ring (bicyclic) bond motifs is 3. The fraction of sp³-hybridized carbons (Fsp3) is 0.125. The molecule has 0 heterocycles. The Hall–Kier alpha value is -1.01. The molecule has 1 aliphatic rings. The fourth-order valence-corrected chi connectivity index (χ4v) is 2.24. The first-order valence-electron chi connectivity index (χ1n) is 7.52. The minimum Gasteiger partial charge on any atom is -1.00 e. The number of benzene rings is 2. The molecule has 0 unspecified atom stereocenters. The smallest absolute Gasteiger partial charge is 1.00 e. The maximum atomic E-state index is 3.49. The van der Waals surface area contributed by atoms with Crippen molar-refractivity contribution in [1.29, 1.82) is 0 Å². The van der Waals surface area contributed by atoms with Gasteiger partial charge in [-0.15, -0.1) is 58.8 Å². The molecule has 0 atom stereocenters.